The van der Waals surface area contributed by atoms with E-state index in [4.69, 9.17) is 9.72 Å². The van der Waals surface area contributed by atoms with Gasteiger partial charge in [-0.25, -0.2) is 9.97 Å². The summed E-state index contributed by atoms with van der Waals surface area (Å²) in [7, 11) is 1.69. The van der Waals surface area contributed by atoms with Crippen molar-refractivity contribution in [1.29, 1.82) is 0 Å². The highest BCUT2D eigenvalue weighted by Gasteiger charge is 2.15. The van der Waals surface area contributed by atoms with E-state index in [0.717, 1.165) is 28.7 Å². The van der Waals surface area contributed by atoms with Crippen molar-refractivity contribution in [1.82, 2.24) is 19.4 Å². The van der Waals surface area contributed by atoms with Gasteiger partial charge in [0.2, 0.25) is 0 Å². The monoisotopic (exact) mass is 285 g/mol. The van der Waals surface area contributed by atoms with Crippen molar-refractivity contribution in [2.45, 2.75) is 13.8 Å². The lowest BCUT2D eigenvalue weighted by atomic mass is 10.3. The van der Waals surface area contributed by atoms with E-state index in [0.29, 0.717) is 13.2 Å². The molecule has 0 aliphatic heterocycles. The Kier molecular flexibility index (Phi) is 3.62. The maximum Gasteiger partial charge on any atom is 0.140 e. The second-order valence-electron chi connectivity index (χ2n) is 5.03. The molecule has 0 fully saturated rings. The second kappa shape index (κ2) is 5.57. The average molecular weight is 285 g/mol. The Hall–Kier alpha value is -2.34. The van der Waals surface area contributed by atoms with Gasteiger partial charge >= 0.3 is 0 Å². The predicted octanol–water partition coefficient (Wildman–Crippen LogP) is 2.40. The molecule has 3 aromatic rings. The van der Waals surface area contributed by atoms with E-state index >= 15 is 0 Å². The van der Waals surface area contributed by atoms with Crippen LogP contribution in [0.3, 0.4) is 0 Å². The Morgan fingerprint density at radius 2 is 2.14 bits per heavy atom. The van der Waals surface area contributed by atoms with E-state index < -0.39 is 0 Å². The van der Waals surface area contributed by atoms with Crippen molar-refractivity contribution in [3.8, 4) is 11.4 Å². The maximum atomic E-state index is 5.11. The zero-order valence-corrected chi connectivity index (χ0v) is 12.5. The highest BCUT2D eigenvalue weighted by Crippen LogP contribution is 2.27. The van der Waals surface area contributed by atoms with E-state index in [1.807, 2.05) is 19.2 Å². The number of ether oxygens (including phenoxy) is 1. The Balaban J connectivity index is 2.10. The summed E-state index contributed by atoms with van der Waals surface area (Å²) in [5, 5.41) is 3.39. The molecular weight excluding hydrogens is 266 g/mol. The number of aryl methyl sites for hydroxylation is 2. The van der Waals surface area contributed by atoms with E-state index in [2.05, 4.69) is 38.9 Å². The van der Waals surface area contributed by atoms with Gasteiger partial charge in [0.25, 0.3) is 0 Å². The van der Waals surface area contributed by atoms with Crippen molar-refractivity contribution in [3.63, 3.8) is 0 Å². The summed E-state index contributed by atoms with van der Waals surface area (Å²) >= 11 is 0. The lowest BCUT2D eigenvalue weighted by Gasteiger charge is -2.07. The number of hydrogen-bond donors (Lipinski definition) is 2. The highest BCUT2D eigenvalue weighted by molar-refractivity contribution is 5.74. The first kappa shape index (κ1) is 13.6. The Morgan fingerprint density at radius 3 is 2.86 bits per heavy atom. The molecule has 110 valence electrons. The third-order valence-electron chi connectivity index (χ3n) is 3.31. The van der Waals surface area contributed by atoms with Crippen LogP contribution in [0.2, 0.25) is 0 Å². The number of H-pyrrole nitrogens is 1. The lowest BCUT2D eigenvalue weighted by molar-refractivity contribution is 0.210. The van der Waals surface area contributed by atoms with Gasteiger partial charge in [0, 0.05) is 26.0 Å². The summed E-state index contributed by atoms with van der Waals surface area (Å²) in [6.45, 7) is 5.35. The van der Waals surface area contributed by atoms with Crippen LogP contribution < -0.4 is 5.32 Å². The number of aromatic nitrogens is 4. The zero-order valence-electron chi connectivity index (χ0n) is 12.5. The second-order valence-corrected chi connectivity index (χ2v) is 5.03. The van der Waals surface area contributed by atoms with Crippen LogP contribution in [0, 0.1) is 13.8 Å². The SMILES string of the molecule is COCCNc1c(-c2c[nH]c(C)n2)nc2ccc(C)cn12. The largest absolute Gasteiger partial charge is 0.383 e. The van der Waals surface area contributed by atoms with Crippen LogP contribution in [-0.2, 0) is 4.74 Å². The zero-order chi connectivity index (χ0) is 14.8. The van der Waals surface area contributed by atoms with Gasteiger partial charge in [-0.3, -0.25) is 4.40 Å². The Bertz CT molecular complexity index is 759. The number of pyridine rings is 1. The van der Waals surface area contributed by atoms with Gasteiger partial charge in [-0.2, -0.15) is 0 Å². The minimum absolute atomic E-state index is 0.637. The quantitative estimate of drug-likeness (QED) is 0.706. The van der Waals surface area contributed by atoms with Crippen molar-refractivity contribution < 1.29 is 4.74 Å². The maximum absolute atomic E-state index is 5.11. The van der Waals surface area contributed by atoms with Crippen molar-refractivity contribution in [2.75, 3.05) is 25.6 Å². The number of nitrogens with zero attached hydrogens (tertiary/aromatic N) is 3. The topological polar surface area (TPSA) is 67.2 Å². The molecule has 0 aliphatic rings. The number of imidazole rings is 2. The van der Waals surface area contributed by atoms with Crippen LogP contribution in [0.4, 0.5) is 5.82 Å². The molecule has 0 aromatic carbocycles. The molecular formula is C15H19N5O. The average Bonchev–Trinajstić information content (AvgIpc) is 3.03. The van der Waals surface area contributed by atoms with Crippen molar-refractivity contribution in [2.24, 2.45) is 0 Å². The van der Waals surface area contributed by atoms with Crippen molar-refractivity contribution in [3.05, 3.63) is 35.9 Å². The third-order valence-corrected chi connectivity index (χ3v) is 3.31. The molecule has 0 amide bonds. The van der Waals surface area contributed by atoms with Gasteiger partial charge in [0.15, 0.2) is 0 Å². The summed E-state index contributed by atoms with van der Waals surface area (Å²) in [5.74, 6) is 1.82. The van der Waals surface area contributed by atoms with Crippen LogP contribution >= 0.6 is 0 Å². The fourth-order valence-electron chi connectivity index (χ4n) is 2.31. The number of hydrogen-bond acceptors (Lipinski definition) is 4. The van der Waals surface area contributed by atoms with Crippen LogP contribution in [0.25, 0.3) is 17.0 Å². The summed E-state index contributed by atoms with van der Waals surface area (Å²) in [6, 6.07) is 4.07. The summed E-state index contributed by atoms with van der Waals surface area (Å²) < 4.78 is 7.17. The van der Waals surface area contributed by atoms with E-state index in [1.54, 1.807) is 7.11 Å². The van der Waals surface area contributed by atoms with Crippen LogP contribution in [0.15, 0.2) is 24.5 Å². The molecule has 3 rings (SSSR count). The van der Waals surface area contributed by atoms with E-state index in [1.165, 1.54) is 5.56 Å². The summed E-state index contributed by atoms with van der Waals surface area (Å²) in [4.78, 5) is 12.3. The van der Waals surface area contributed by atoms with Gasteiger partial charge in [-0.05, 0) is 25.5 Å². The first-order valence-electron chi connectivity index (χ1n) is 6.93. The third kappa shape index (κ3) is 2.62. The normalized spacial score (nSPS) is 11.2. The molecule has 6 nitrogen and oxygen atoms in total. The molecule has 0 bridgehead atoms. The molecule has 0 atom stereocenters. The number of methoxy groups -OCH3 is 1. The molecule has 0 radical (unpaired) electrons. The fraction of sp³-hybridized carbons (Fsp3) is 0.333. The molecule has 0 spiro atoms. The standard InChI is InChI=1S/C15H19N5O/c1-10-4-5-13-19-14(12-8-17-11(2)18-12)15(20(13)9-10)16-6-7-21-3/h4-5,8-9,16H,6-7H2,1-3H3,(H,17,18). The van der Waals surface area contributed by atoms with Gasteiger partial charge in [-0.1, -0.05) is 6.07 Å². The van der Waals surface area contributed by atoms with Crippen molar-refractivity contribution >= 4 is 11.5 Å². The number of nitrogens with one attached hydrogen (secondary N) is 2. The van der Waals surface area contributed by atoms with Crippen LogP contribution in [-0.4, -0.2) is 39.6 Å². The summed E-state index contributed by atoms with van der Waals surface area (Å²) in [6.07, 6.45) is 3.95. The molecule has 3 heterocycles. The van der Waals surface area contributed by atoms with E-state index in [-0.39, 0.29) is 0 Å². The van der Waals surface area contributed by atoms with Gasteiger partial charge < -0.3 is 15.0 Å². The van der Waals surface area contributed by atoms with Crippen LogP contribution in [0.5, 0.6) is 0 Å². The number of fused-ring (bicyclic) bond motifs is 1. The minimum Gasteiger partial charge on any atom is -0.383 e. The molecule has 3 aromatic heterocycles. The lowest BCUT2D eigenvalue weighted by Crippen LogP contribution is -2.10. The molecule has 2 N–H and O–H groups in total. The predicted molar refractivity (Wildman–Crippen MR) is 82.6 cm³/mol. The molecule has 0 saturated heterocycles. The molecule has 6 heteroatoms. The van der Waals surface area contributed by atoms with Gasteiger partial charge in [0.05, 0.1) is 6.61 Å². The molecule has 0 unspecified atom stereocenters. The molecule has 0 aliphatic carbocycles. The first-order chi connectivity index (χ1) is 10.2. The first-order valence-corrected chi connectivity index (χ1v) is 6.93. The van der Waals surface area contributed by atoms with Gasteiger partial charge in [0.1, 0.15) is 28.7 Å². The molecule has 0 saturated carbocycles. The number of aromatic amines is 1. The highest BCUT2D eigenvalue weighted by atomic mass is 16.5. The number of anilines is 1. The summed E-state index contributed by atoms with van der Waals surface area (Å²) in [5.41, 5.74) is 3.77. The van der Waals surface area contributed by atoms with Crippen LogP contribution in [0.1, 0.15) is 11.4 Å². The molecule has 21 heavy (non-hydrogen) atoms. The smallest absolute Gasteiger partial charge is 0.140 e. The van der Waals surface area contributed by atoms with Gasteiger partial charge in [-0.15, -0.1) is 0 Å². The minimum atomic E-state index is 0.637. The fourth-order valence-corrected chi connectivity index (χ4v) is 2.31. The Morgan fingerprint density at radius 1 is 1.29 bits per heavy atom. The van der Waals surface area contributed by atoms with E-state index in [9.17, 15) is 0 Å². The Labute approximate surface area is 123 Å². The number of rotatable bonds is 5.